The van der Waals surface area contributed by atoms with E-state index in [-0.39, 0.29) is 11.6 Å². The molecule has 1 heterocycles. The summed E-state index contributed by atoms with van der Waals surface area (Å²) in [5, 5.41) is 1.81. The van der Waals surface area contributed by atoms with E-state index in [2.05, 4.69) is 12.0 Å². The number of carbonyl (C=O) groups is 1. The van der Waals surface area contributed by atoms with Gasteiger partial charge in [-0.15, -0.1) is 0 Å². The normalized spacial score (nSPS) is 14.0. The van der Waals surface area contributed by atoms with Crippen LogP contribution in [0.25, 0.3) is 0 Å². The van der Waals surface area contributed by atoms with Crippen LogP contribution < -0.4 is 5.43 Å². The van der Waals surface area contributed by atoms with Gasteiger partial charge in [0.15, 0.2) is 0 Å². The zero-order chi connectivity index (χ0) is 15.2. The standard InChI is InChI=1S/C15H16ClFN2O2/c1-2-8-21-15(20)14-4-3-7-19(14)18-10-11-5-6-13(17)12(16)9-11/h2,4-6,9,18H,1,3,7-8,10H2. The lowest BCUT2D eigenvalue weighted by atomic mass is 10.2. The van der Waals surface area contributed by atoms with Crippen LogP contribution >= 0.6 is 11.6 Å². The second-order valence-electron chi connectivity index (χ2n) is 4.50. The number of ether oxygens (including phenoxy) is 1. The maximum Gasteiger partial charge on any atom is 0.355 e. The Morgan fingerprint density at radius 2 is 2.38 bits per heavy atom. The van der Waals surface area contributed by atoms with Gasteiger partial charge in [0.25, 0.3) is 0 Å². The summed E-state index contributed by atoms with van der Waals surface area (Å²) in [4.78, 5) is 11.8. The van der Waals surface area contributed by atoms with Gasteiger partial charge in [0.1, 0.15) is 18.1 Å². The topological polar surface area (TPSA) is 41.6 Å². The highest BCUT2D eigenvalue weighted by molar-refractivity contribution is 6.30. The Hall–Kier alpha value is -1.85. The largest absolute Gasteiger partial charge is 0.457 e. The van der Waals surface area contributed by atoms with Crippen molar-refractivity contribution in [1.29, 1.82) is 0 Å². The van der Waals surface area contributed by atoms with Crippen LogP contribution in [0.4, 0.5) is 4.39 Å². The predicted molar refractivity (Wildman–Crippen MR) is 78.8 cm³/mol. The molecule has 0 aromatic heterocycles. The molecule has 2 rings (SSSR count). The van der Waals surface area contributed by atoms with Crippen LogP contribution in [-0.2, 0) is 16.1 Å². The molecule has 0 atom stereocenters. The van der Waals surface area contributed by atoms with Crippen LogP contribution in [0.15, 0.2) is 42.6 Å². The number of halogens is 2. The van der Waals surface area contributed by atoms with Gasteiger partial charge in [-0.1, -0.05) is 36.4 Å². The monoisotopic (exact) mass is 310 g/mol. The molecular weight excluding hydrogens is 295 g/mol. The first-order chi connectivity index (χ1) is 10.1. The highest BCUT2D eigenvalue weighted by atomic mass is 35.5. The van der Waals surface area contributed by atoms with Crippen LogP contribution in [0.1, 0.15) is 12.0 Å². The lowest BCUT2D eigenvalue weighted by molar-refractivity contribution is -0.139. The summed E-state index contributed by atoms with van der Waals surface area (Å²) in [5.74, 6) is -0.841. The second kappa shape index (κ2) is 7.24. The van der Waals surface area contributed by atoms with E-state index in [9.17, 15) is 9.18 Å². The number of rotatable bonds is 6. The Balaban J connectivity index is 1.93. The van der Waals surface area contributed by atoms with Crippen LogP contribution in [0, 0.1) is 5.82 Å². The molecule has 0 aliphatic carbocycles. The summed E-state index contributed by atoms with van der Waals surface area (Å²) in [6, 6.07) is 4.52. The molecule has 1 aromatic carbocycles. The van der Waals surface area contributed by atoms with Crippen molar-refractivity contribution in [2.75, 3.05) is 13.2 Å². The molecule has 0 fully saturated rings. The van der Waals surface area contributed by atoms with Crippen molar-refractivity contribution in [2.45, 2.75) is 13.0 Å². The van der Waals surface area contributed by atoms with Gasteiger partial charge in [0, 0.05) is 13.1 Å². The summed E-state index contributed by atoms with van der Waals surface area (Å²) >= 11 is 5.73. The van der Waals surface area contributed by atoms with E-state index >= 15 is 0 Å². The molecular formula is C15H16ClFN2O2. The van der Waals surface area contributed by atoms with Gasteiger partial charge in [-0.25, -0.2) is 14.6 Å². The fourth-order valence-corrected chi connectivity index (χ4v) is 2.17. The number of hydrogen-bond donors (Lipinski definition) is 1. The molecule has 0 amide bonds. The summed E-state index contributed by atoms with van der Waals surface area (Å²) in [5.41, 5.74) is 4.41. The van der Waals surface area contributed by atoms with Crippen molar-refractivity contribution >= 4 is 17.6 Å². The van der Waals surface area contributed by atoms with Gasteiger partial charge in [-0.2, -0.15) is 0 Å². The Morgan fingerprint density at radius 3 is 3.10 bits per heavy atom. The number of hydrazine groups is 1. The van der Waals surface area contributed by atoms with Gasteiger partial charge in [0.05, 0.1) is 5.02 Å². The average molecular weight is 311 g/mol. The fraction of sp³-hybridized carbons (Fsp3) is 0.267. The first-order valence-electron chi connectivity index (χ1n) is 6.55. The first-order valence-corrected chi connectivity index (χ1v) is 6.92. The number of esters is 1. The molecule has 6 heteroatoms. The minimum atomic E-state index is -0.449. The molecule has 0 spiro atoms. The zero-order valence-corrected chi connectivity index (χ0v) is 12.2. The summed E-state index contributed by atoms with van der Waals surface area (Å²) in [7, 11) is 0. The second-order valence-corrected chi connectivity index (χ2v) is 4.91. The quantitative estimate of drug-likeness (QED) is 0.648. The molecule has 112 valence electrons. The minimum Gasteiger partial charge on any atom is -0.457 e. The van der Waals surface area contributed by atoms with Gasteiger partial charge >= 0.3 is 5.97 Å². The van der Waals surface area contributed by atoms with Crippen molar-refractivity contribution in [2.24, 2.45) is 0 Å². The third-order valence-electron chi connectivity index (χ3n) is 2.98. The third-order valence-corrected chi connectivity index (χ3v) is 3.27. The Kier molecular flexibility index (Phi) is 5.36. The van der Waals surface area contributed by atoms with Gasteiger partial charge in [-0.05, 0) is 24.1 Å². The SMILES string of the molecule is C=CCOC(=O)C1=CCCN1NCc1ccc(F)c(Cl)c1. The van der Waals surface area contributed by atoms with Crippen LogP contribution in [0.3, 0.4) is 0 Å². The molecule has 0 saturated heterocycles. The molecule has 1 aliphatic heterocycles. The van der Waals surface area contributed by atoms with E-state index in [1.165, 1.54) is 12.1 Å². The van der Waals surface area contributed by atoms with Crippen LogP contribution in [0.5, 0.6) is 0 Å². The van der Waals surface area contributed by atoms with E-state index < -0.39 is 11.8 Å². The van der Waals surface area contributed by atoms with E-state index in [0.717, 1.165) is 12.0 Å². The molecule has 0 saturated carbocycles. The Morgan fingerprint density at radius 1 is 1.57 bits per heavy atom. The molecule has 1 aliphatic rings. The van der Waals surface area contributed by atoms with Crippen molar-refractivity contribution in [1.82, 2.24) is 10.4 Å². The molecule has 0 unspecified atom stereocenters. The fourth-order valence-electron chi connectivity index (χ4n) is 1.96. The third kappa shape index (κ3) is 4.06. The van der Waals surface area contributed by atoms with Crippen molar-refractivity contribution in [3.63, 3.8) is 0 Å². The maximum atomic E-state index is 13.1. The number of benzene rings is 1. The lowest BCUT2D eigenvalue weighted by Gasteiger charge is -2.22. The molecule has 1 N–H and O–H groups in total. The summed E-state index contributed by atoms with van der Waals surface area (Å²) in [6.45, 7) is 4.79. The van der Waals surface area contributed by atoms with Crippen molar-refractivity contribution in [3.8, 4) is 0 Å². The van der Waals surface area contributed by atoms with E-state index in [1.807, 2.05) is 6.08 Å². The summed E-state index contributed by atoms with van der Waals surface area (Å²) < 4.78 is 18.1. The lowest BCUT2D eigenvalue weighted by Crippen LogP contribution is -2.37. The van der Waals surface area contributed by atoms with Crippen LogP contribution in [-0.4, -0.2) is 24.1 Å². The predicted octanol–water partition coefficient (Wildman–Crippen LogP) is 2.80. The number of nitrogens with zero attached hydrogens (tertiary/aromatic N) is 1. The average Bonchev–Trinajstić information content (AvgIpc) is 2.94. The maximum absolute atomic E-state index is 13.1. The number of nitrogens with one attached hydrogen (secondary N) is 1. The highest BCUT2D eigenvalue weighted by Gasteiger charge is 2.22. The molecule has 1 aromatic rings. The van der Waals surface area contributed by atoms with E-state index in [0.29, 0.717) is 18.8 Å². The van der Waals surface area contributed by atoms with E-state index in [4.69, 9.17) is 16.3 Å². The van der Waals surface area contributed by atoms with Crippen LogP contribution in [0.2, 0.25) is 5.02 Å². The molecule has 0 radical (unpaired) electrons. The van der Waals surface area contributed by atoms with Crippen molar-refractivity contribution in [3.05, 3.63) is 59.0 Å². The Labute approximate surface area is 127 Å². The zero-order valence-electron chi connectivity index (χ0n) is 11.4. The smallest absolute Gasteiger partial charge is 0.355 e. The van der Waals surface area contributed by atoms with Gasteiger partial charge in [0.2, 0.25) is 0 Å². The molecule has 4 nitrogen and oxygen atoms in total. The minimum absolute atomic E-state index is 0.0804. The molecule has 21 heavy (non-hydrogen) atoms. The number of hydrogen-bond acceptors (Lipinski definition) is 4. The van der Waals surface area contributed by atoms with Gasteiger partial charge < -0.3 is 9.75 Å². The number of carbonyl (C=O) groups excluding carboxylic acids is 1. The first kappa shape index (κ1) is 15.5. The van der Waals surface area contributed by atoms with Gasteiger partial charge in [-0.3, -0.25) is 0 Å². The summed E-state index contributed by atoms with van der Waals surface area (Å²) in [6.07, 6.45) is 4.09. The van der Waals surface area contributed by atoms with E-state index in [1.54, 1.807) is 17.1 Å². The van der Waals surface area contributed by atoms with Crippen molar-refractivity contribution < 1.29 is 13.9 Å². The highest BCUT2D eigenvalue weighted by Crippen LogP contribution is 2.17. The Bertz CT molecular complexity index is 575. The molecule has 0 bridgehead atoms.